The second-order valence-corrected chi connectivity index (χ2v) is 10.3. The van der Waals surface area contributed by atoms with Crippen molar-refractivity contribution in [3.05, 3.63) is 69.6 Å². The van der Waals surface area contributed by atoms with Crippen molar-refractivity contribution in [3.63, 3.8) is 0 Å². The van der Waals surface area contributed by atoms with Crippen LogP contribution in [0.3, 0.4) is 0 Å². The van der Waals surface area contributed by atoms with Gasteiger partial charge in [0.2, 0.25) is 5.91 Å². The number of hydrogen-bond donors (Lipinski definition) is 2. The minimum atomic E-state index is -0.966. The predicted octanol–water partition coefficient (Wildman–Crippen LogP) is 4.20. The summed E-state index contributed by atoms with van der Waals surface area (Å²) in [6, 6.07) is 14.1. The maximum absolute atomic E-state index is 13.3. The third-order valence-corrected chi connectivity index (χ3v) is 5.78. The van der Waals surface area contributed by atoms with Crippen molar-refractivity contribution in [2.45, 2.75) is 59.2 Å². The van der Waals surface area contributed by atoms with Crippen LogP contribution < -0.4 is 11.0 Å². The van der Waals surface area contributed by atoms with Crippen molar-refractivity contribution in [2.75, 3.05) is 6.54 Å². The van der Waals surface area contributed by atoms with Gasteiger partial charge in [-0.3, -0.25) is 9.36 Å². The molecule has 10 heteroatoms. The molecule has 1 aromatic heterocycles. The molecule has 0 fully saturated rings. The molecule has 0 aliphatic rings. The van der Waals surface area contributed by atoms with Crippen LogP contribution in [0.15, 0.2) is 53.3 Å². The number of carbonyl (C=O) groups is 2. The molecule has 0 aliphatic heterocycles. The van der Waals surface area contributed by atoms with E-state index in [1.165, 1.54) is 14.1 Å². The molecule has 0 spiro atoms. The summed E-state index contributed by atoms with van der Waals surface area (Å²) in [7, 11) is 0. The van der Waals surface area contributed by atoms with Gasteiger partial charge in [0.1, 0.15) is 6.54 Å². The fraction of sp³-hybridized carbons (Fsp3) is 0.385. The average Bonchev–Trinajstić information content (AvgIpc) is 3.08. The summed E-state index contributed by atoms with van der Waals surface area (Å²) >= 11 is 6.16. The third kappa shape index (κ3) is 6.54. The molecule has 9 nitrogen and oxygen atoms in total. The van der Waals surface area contributed by atoms with Crippen LogP contribution in [0.2, 0.25) is 5.02 Å². The number of nitrogens with one attached hydrogen (secondary N) is 1. The van der Waals surface area contributed by atoms with E-state index in [9.17, 15) is 19.5 Å². The zero-order chi connectivity index (χ0) is 26.6. The Bertz CT molecular complexity index is 1290. The Balaban J connectivity index is 1.93. The van der Waals surface area contributed by atoms with Gasteiger partial charge in [-0.05, 0) is 70.9 Å². The fourth-order valence-corrected chi connectivity index (χ4v) is 4.01. The number of carboxylic acid groups (broad SMARTS) is 1. The van der Waals surface area contributed by atoms with Crippen molar-refractivity contribution < 1.29 is 14.7 Å². The molecule has 36 heavy (non-hydrogen) atoms. The first-order valence-electron chi connectivity index (χ1n) is 11.7. The Morgan fingerprint density at radius 3 is 2.36 bits per heavy atom. The van der Waals surface area contributed by atoms with Gasteiger partial charge in [-0.2, -0.15) is 4.68 Å². The number of rotatable bonds is 8. The summed E-state index contributed by atoms with van der Waals surface area (Å²) in [5.74, 6) is 0.0277. The molecule has 3 aromatic rings. The molecule has 0 bridgehead atoms. The summed E-state index contributed by atoms with van der Waals surface area (Å²) in [4.78, 5) is 38.8. The second-order valence-electron chi connectivity index (χ2n) is 9.86. The quantitative estimate of drug-likeness (QED) is 0.469. The Morgan fingerprint density at radius 1 is 1.14 bits per heavy atom. The minimum Gasteiger partial charge on any atom is -0.465 e. The highest BCUT2D eigenvalue weighted by molar-refractivity contribution is 6.30. The van der Waals surface area contributed by atoms with Crippen LogP contribution >= 0.6 is 11.6 Å². The number of carbonyl (C=O) groups excluding carboxylic acids is 1. The standard InChI is InChI=1S/C26H32ClN5O4/c1-17(2)28-22(33)16-30-23(19-7-6-8-20(27)15-19)29-32(24(30)34)21-11-9-18(10-12-21)13-14-31(25(35)36)26(3,4)5/h6-12,15,17H,13-14,16H2,1-5H3,(H,28,33)(H,35,36). The summed E-state index contributed by atoms with van der Waals surface area (Å²) in [5, 5.41) is 17.3. The van der Waals surface area contributed by atoms with Crippen LogP contribution in [0.4, 0.5) is 4.79 Å². The van der Waals surface area contributed by atoms with Gasteiger partial charge >= 0.3 is 11.8 Å². The van der Waals surface area contributed by atoms with E-state index in [1.54, 1.807) is 36.4 Å². The maximum atomic E-state index is 13.3. The van der Waals surface area contributed by atoms with Crippen LogP contribution in [0.25, 0.3) is 17.1 Å². The van der Waals surface area contributed by atoms with Gasteiger partial charge < -0.3 is 15.3 Å². The second kappa shape index (κ2) is 11.0. The van der Waals surface area contributed by atoms with Gasteiger partial charge in [-0.1, -0.05) is 35.9 Å². The SMILES string of the molecule is CC(C)NC(=O)Cn1c(-c2cccc(Cl)c2)nn(-c2ccc(CCN(C(=O)O)C(C)(C)C)cc2)c1=O. The van der Waals surface area contributed by atoms with Crippen molar-refractivity contribution in [1.29, 1.82) is 0 Å². The van der Waals surface area contributed by atoms with E-state index in [0.717, 1.165) is 5.56 Å². The van der Waals surface area contributed by atoms with E-state index in [0.29, 0.717) is 35.1 Å². The van der Waals surface area contributed by atoms with E-state index < -0.39 is 17.3 Å². The lowest BCUT2D eigenvalue weighted by Gasteiger charge is -2.33. The molecule has 2 N–H and O–H groups in total. The molecule has 0 atom stereocenters. The van der Waals surface area contributed by atoms with Crippen molar-refractivity contribution in [2.24, 2.45) is 0 Å². The monoisotopic (exact) mass is 513 g/mol. The van der Waals surface area contributed by atoms with Gasteiger partial charge in [0.25, 0.3) is 0 Å². The number of nitrogens with zero attached hydrogens (tertiary/aromatic N) is 4. The van der Waals surface area contributed by atoms with Crippen LogP contribution in [-0.4, -0.2) is 54.5 Å². The molecule has 0 radical (unpaired) electrons. The largest absolute Gasteiger partial charge is 0.465 e. The number of hydrogen-bond acceptors (Lipinski definition) is 4. The number of benzene rings is 2. The minimum absolute atomic E-state index is 0.0688. The summed E-state index contributed by atoms with van der Waals surface area (Å²) < 4.78 is 2.58. The van der Waals surface area contributed by atoms with Gasteiger partial charge in [-0.15, -0.1) is 5.10 Å². The Hall–Kier alpha value is -3.59. The first kappa shape index (κ1) is 27.0. The first-order valence-corrected chi connectivity index (χ1v) is 12.1. The van der Waals surface area contributed by atoms with E-state index in [4.69, 9.17) is 11.6 Å². The molecule has 2 amide bonds. The molecule has 0 unspecified atom stereocenters. The van der Waals surface area contributed by atoms with E-state index in [1.807, 2.05) is 46.8 Å². The smallest absolute Gasteiger partial charge is 0.407 e. The highest BCUT2D eigenvalue weighted by Crippen LogP contribution is 2.21. The van der Waals surface area contributed by atoms with Gasteiger partial charge in [-0.25, -0.2) is 9.59 Å². The fourth-order valence-electron chi connectivity index (χ4n) is 3.82. The van der Waals surface area contributed by atoms with Crippen molar-refractivity contribution >= 4 is 23.6 Å². The van der Waals surface area contributed by atoms with E-state index >= 15 is 0 Å². The molecule has 2 aromatic carbocycles. The van der Waals surface area contributed by atoms with Crippen LogP contribution in [0.5, 0.6) is 0 Å². The number of halogens is 1. The summed E-state index contributed by atoms with van der Waals surface area (Å²) in [6.07, 6.45) is -0.442. The Kier molecular flexibility index (Phi) is 8.24. The topological polar surface area (TPSA) is 109 Å². The zero-order valence-corrected chi connectivity index (χ0v) is 21.9. The number of aromatic nitrogens is 3. The van der Waals surface area contributed by atoms with Gasteiger partial charge in [0.05, 0.1) is 5.69 Å². The molecule has 0 aliphatic carbocycles. The number of amides is 2. The Labute approximate surface area is 215 Å². The van der Waals surface area contributed by atoms with Crippen LogP contribution in [0.1, 0.15) is 40.2 Å². The van der Waals surface area contributed by atoms with Crippen molar-refractivity contribution in [3.8, 4) is 17.1 Å². The summed E-state index contributed by atoms with van der Waals surface area (Å²) in [5.41, 5.74) is 1.10. The lowest BCUT2D eigenvalue weighted by molar-refractivity contribution is -0.122. The highest BCUT2D eigenvalue weighted by atomic mass is 35.5. The van der Waals surface area contributed by atoms with Gasteiger partial charge in [0, 0.05) is 28.7 Å². The zero-order valence-electron chi connectivity index (χ0n) is 21.2. The third-order valence-electron chi connectivity index (χ3n) is 5.54. The van der Waals surface area contributed by atoms with Crippen LogP contribution in [-0.2, 0) is 17.8 Å². The molecule has 192 valence electrons. The molecular weight excluding hydrogens is 482 g/mol. The van der Waals surface area contributed by atoms with Crippen molar-refractivity contribution in [1.82, 2.24) is 24.6 Å². The Morgan fingerprint density at radius 2 is 1.81 bits per heavy atom. The predicted molar refractivity (Wildman–Crippen MR) is 140 cm³/mol. The molecular formula is C26H32ClN5O4. The molecule has 0 saturated heterocycles. The van der Waals surface area contributed by atoms with E-state index in [2.05, 4.69) is 10.4 Å². The highest BCUT2D eigenvalue weighted by Gasteiger charge is 2.25. The summed E-state index contributed by atoms with van der Waals surface area (Å²) in [6.45, 7) is 9.41. The van der Waals surface area contributed by atoms with Gasteiger partial charge in [0.15, 0.2) is 5.82 Å². The molecule has 1 heterocycles. The van der Waals surface area contributed by atoms with E-state index in [-0.39, 0.29) is 18.5 Å². The normalized spacial score (nSPS) is 11.5. The lowest BCUT2D eigenvalue weighted by atomic mass is 10.0. The lowest BCUT2D eigenvalue weighted by Crippen LogP contribution is -2.45. The molecule has 3 rings (SSSR count). The van der Waals surface area contributed by atoms with Crippen LogP contribution in [0, 0.1) is 0 Å². The molecule has 0 saturated carbocycles. The average molecular weight is 514 g/mol. The maximum Gasteiger partial charge on any atom is 0.407 e. The first-order chi connectivity index (χ1) is 16.9.